The molecule has 17 nitrogen and oxygen atoms in total. The number of carbonyl (C=O) groups is 2. The Morgan fingerprint density at radius 2 is 1.78 bits per heavy atom. The first-order valence-corrected chi connectivity index (χ1v) is 17.9. The lowest BCUT2D eigenvalue weighted by Gasteiger charge is -2.40. The molecule has 3 rings (SSSR count). The van der Waals surface area contributed by atoms with Crippen LogP contribution in [0.2, 0.25) is 0 Å². The maximum absolute atomic E-state index is 12.1. The molecular formula is C26H41N7O10S2. The molecule has 252 valence electrons. The molecule has 1 aromatic heterocycles. The van der Waals surface area contributed by atoms with E-state index in [0.29, 0.717) is 38.5 Å². The van der Waals surface area contributed by atoms with Gasteiger partial charge in [0.15, 0.2) is 5.82 Å². The molecule has 4 N–H and O–H groups in total. The van der Waals surface area contributed by atoms with Gasteiger partial charge < -0.3 is 20.1 Å². The molecule has 0 bridgehead atoms. The molecule has 19 heteroatoms. The summed E-state index contributed by atoms with van der Waals surface area (Å²) in [6, 6.07) is -0.00662. The number of carbonyl (C=O) groups excluding carboxylic acids is 1. The highest BCUT2D eigenvalue weighted by Crippen LogP contribution is 2.39. The van der Waals surface area contributed by atoms with Crippen LogP contribution in [0, 0.1) is 17.2 Å². The summed E-state index contributed by atoms with van der Waals surface area (Å²) >= 11 is 0. The summed E-state index contributed by atoms with van der Waals surface area (Å²) < 4.78 is 70.4. The van der Waals surface area contributed by atoms with E-state index < -0.39 is 67.9 Å². The highest BCUT2D eigenvalue weighted by molar-refractivity contribution is 7.86. The molecule has 6 atom stereocenters. The zero-order valence-electron chi connectivity index (χ0n) is 25.2. The Morgan fingerprint density at radius 1 is 1.13 bits per heavy atom. The predicted molar refractivity (Wildman–Crippen MR) is 159 cm³/mol. The number of hydrogen-bond acceptors (Lipinski definition) is 12. The zero-order valence-corrected chi connectivity index (χ0v) is 26.9. The number of amides is 1. The molecule has 0 aliphatic heterocycles. The van der Waals surface area contributed by atoms with E-state index in [-0.39, 0.29) is 49.3 Å². The van der Waals surface area contributed by atoms with Crippen molar-refractivity contribution in [3.63, 3.8) is 0 Å². The Hall–Kier alpha value is -3.02. The van der Waals surface area contributed by atoms with Gasteiger partial charge in [0.2, 0.25) is 5.91 Å². The molecule has 6 unspecified atom stereocenters. The lowest BCUT2D eigenvalue weighted by atomic mass is 9.82. The number of rotatable bonds is 15. The molecule has 1 heterocycles. The van der Waals surface area contributed by atoms with Crippen LogP contribution in [0.5, 0.6) is 0 Å². The van der Waals surface area contributed by atoms with Crippen LogP contribution in [0.3, 0.4) is 0 Å². The summed E-state index contributed by atoms with van der Waals surface area (Å²) in [5.41, 5.74) is 0.0944. The van der Waals surface area contributed by atoms with Crippen LogP contribution in [0.4, 0.5) is 5.82 Å². The summed E-state index contributed by atoms with van der Waals surface area (Å²) in [6.45, 7) is 1.77. The molecule has 2 saturated carbocycles. The second kappa shape index (κ2) is 16.0. The first-order chi connectivity index (χ1) is 21.1. The third kappa shape index (κ3) is 10.8. The Morgan fingerprint density at radius 3 is 2.31 bits per heavy atom. The molecule has 2 aliphatic rings. The van der Waals surface area contributed by atoms with Crippen molar-refractivity contribution >= 4 is 37.9 Å². The number of carboxylic acid groups (broad SMARTS) is 1. The molecule has 0 radical (unpaired) electrons. The number of aliphatic carboxylic acids is 1. The molecule has 1 aromatic rings. The van der Waals surface area contributed by atoms with Gasteiger partial charge in [-0.15, -0.1) is 5.11 Å². The van der Waals surface area contributed by atoms with Gasteiger partial charge in [-0.05, 0) is 64.5 Å². The van der Waals surface area contributed by atoms with Crippen molar-refractivity contribution in [1.29, 1.82) is 5.26 Å². The molecular weight excluding hydrogens is 634 g/mol. The largest absolute Gasteiger partial charge is 0.481 e. The Labute approximate surface area is 262 Å². The number of aromatic nitrogens is 2. The number of carboxylic acids is 1. The zero-order chi connectivity index (χ0) is 33.4. The van der Waals surface area contributed by atoms with Crippen molar-refractivity contribution in [2.75, 3.05) is 31.7 Å². The molecule has 2 aliphatic carbocycles. The normalized spacial score (nSPS) is 26.1. The van der Waals surface area contributed by atoms with Gasteiger partial charge in [0.25, 0.3) is 20.2 Å². The number of azo groups is 1. The molecule has 0 saturated heterocycles. The average molecular weight is 676 g/mol. The minimum Gasteiger partial charge on any atom is -0.481 e. The van der Waals surface area contributed by atoms with Crippen LogP contribution in [0.25, 0.3) is 0 Å². The van der Waals surface area contributed by atoms with Crippen molar-refractivity contribution in [3.05, 3.63) is 11.8 Å². The Kier molecular flexibility index (Phi) is 13.0. The third-order valence-corrected chi connectivity index (χ3v) is 9.89. The van der Waals surface area contributed by atoms with E-state index in [1.807, 2.05) is 11.0 Å². The van der Waals surface area contributed by atoms with Gasteiger partial charge in [-0.3, -0.25) is 18.7 Å². The van der Waals surface area contributed by atoms with Crippen LogP contribution in [-0.2, 0) is 34.6 Å². The smallest absolute Gasteiger partial charge is 0.308 e. The van der Waals surface area contributed by atoms with E-state index in [1.54, 1.807) is 0 Å². The van der Waals surface area contributed by atoms with Gasteiger partial charge in [0.05, 0.1) is 47.8 Å². The Bertz CT molecular complexity index is 1440. The second-order valence-corrected chi connectivity index (χ2v) is 14.6. The summed E-state index contributed by atoms with van der Waals surface area (Å²) in [5, 5.41) is 35.7. The molecule has 2 fully saturated rings. The van der Waals surface area contributed by atoms with Crippen molar-refractivity contribution in [1.82, 2.24) is 20.0 Å². The first kappa shape index (κ1) is 36.4. The second-order valence-electron chi connectivity index (χ2n) is 11.5. The number of hydrogen-bond donors (Lipinski definition) is 4. The van der Waals surface area contributed by atoms with Crippen LogP contribution in [0.1, 0.15) is 69.9 Å². The van der Waals surface area contributed by atoms with E-state index in [0.717, 1.165) is 0 Å². The topological polar surface area (TPSA) is 254 Å². The highest BCUT2D eigenvalue weighted by Gasteiger charge is 2.41. The number of nitrogens with zero attached hydrogens (tertiary/aromatic N) is 6. The molecule has 45 heavy (non-hydrogen) atoms. The fourth-order valence-electron chi connectivity index (χ4n) is 6.27. The summed E-state index contributed by atoms with van der Waals surface area (Å²) in [7, 11) is -6.93. The number of nitrogens with one attached hydrogen (secondary N) is 1. The molecule has 1 amide bonds. The third-order valence-electron chi connectivity index (χ3n) is 8.28. The summed E-state index contributed by atoms with van der Waals surface area (Å²) in [6.07, 6.45) is 3.90. The minimum atomic E-state index is -4.21. The van der Waals surface area contributed by atoms with Gasteiger partial charge >= 0.3 is 5.97 Å². The quantitative estimate of drug-likeness (QED) is 0.152. The van der Waals surface area contributed by atoms with Crippen molar-refractivity contribution in [2.24, 2.45) is 16.1 Å². The van der Waals surface area contributed by atoms with E-state index in [1.165, 1.54) is 24.9 Å². The van der Waals surface area contributed by atoms with E-state index in [2.05, 4.69) is 20.6 Å². The standard InChI is InChI=1S/C26H41N7O10S2/c1-17(34)29-22-14-19(32(10-4-12-44(37,38)39)11-5-13-45(40,41)42)8-9-21(22)30-31-25-18(15-27)16-28-33(25)24-20(26(35)36)6-3-7-23(24)43-2/h16,19-24H,3-14H2,1-2H3,(H,29,34)(H,35,36)(H,37,38,39)(H,40,41,42). The van der Waals surface area contributed by atoms with Crippen LogP contribution in [-0.4, -0.2) is 114 Å². The van der Waals surface area contributed by atoms with E-state index in [4.69, 9.17) is 13.8 Å². The maximum atomic E-state index is 12.1. The van der Waals surface area contributed by atoms with Gasteiger partial charge in [-0.2, -0.15) is 32.3 Å². The van der Waals surface area contributed by atoms with Gasteiger partial charge in [-0.1, -0.05) is 0 Å². The molecule has 0 aromatic carbocycles. The van der Waals surface area contributed by atoms with Crippen molar-refractivity contribution in [3.8, 4) is 6.07 Å². The first-order valence-electron chi connectivity index (χ1n) is 14.7. The summed E-state index contributed by atoms with van der Waals surface area (Å²) in [5.74, 6) is -3.05. The molecule has 0 spiro atoms. The van der Waals surface area contributed by atoms with E-state index in [9.17, 15) is 36.8 Å². The summed E-state index contributed by atoms with van der Waals surface area (Å²) in [4.78, 5) is 26.1. The van der Waals surface area contributed by atoms with E-state index >= 15 is 0 Å². The number of ether oxygens (including phenoxy) is 1. The van der Waals surface area contributed by atoms with Gasteiger partial charge in [0, 0.05) is 20.1 Å². The average Bonchev–Trinajstić information content (AvgIpc) is 3.36. The van der Waals surface area contributed by atoms with Gasteiger partial charge in [-0.25, -0.2) is 4.68 Å². The lowest BCUT2D eigenvalue weighted by Crippen LogP contribution is -2.51. The monoisotopic (exact) mass is 675 g/mol. The highest BCUT2D eigenvalue weighted by atomic mass is 32.2. The van der Waals surface area contributed by atoms with Crippen LogP contribution >= 0.6 is 0 Å². The predicted octanol–water partition coefficient (Wildman–Crippen LogP) is 1.56. The fourth-order valence-corrected chi connectivity index (χ4v) is 7.26. The minimum absolute atomic E-state index is 0.0804. The van der Waals surface area contributed by atoms with Gasteiger partial charge in [0.1, 0.15) is 11.6 Å². The maximum Gasteiger partial charge on any atom is 0.308 e. The number of nitriles is 1. The lowest BCUT2D eigenvalue weighted by molar-refractivity contribution is -0.147. The van der Waals surface area contributed by atoms with Crippen molar-refractivity contribution in [2.45, 2.75) is 88.6 Å². The Balaban J connectivity index is 1.86. The van der Waals surface area contributed by atoms with Crippen LogP contribution < -0.4 is 5.32 Å². The van der Waals surface area contributed by atoms with Crippen LogP contribution in [0.15, 0.2) is 16.4 Å². The SMILES string of the molecule is COC1CCCC(C(=O)O)C1n1ncc(C#N)c1N=NC1CCC(N(CCCS(=O)(=O)O)CCCS(=O)(=O)O)CC1NC(C)=O. The fraction of sp³-hybridized carbons (Fsp3) is 0.769. The van der Waals surface area contributed by atoms with Crippen molar-refractivity contribution < 1.29 is 45.4 Å². The number of methoxy groups -OCH3 is 1.